The molecule has 1 aliphatic heterocycles. The minimum atomic E-state index is -0.276. The number of terminal acetylenes is 1. The Bertz CT molecular complexity index is 1100. The van der Waals surface area contributed by atoms with E-state index in [2.05, 4.69) is 38.1 Å². The highest BCUT2D eigenvalue weighted by molar-refractivity contribution is 7.14. The zero-order chi connectivity index (χ0) is 24.3. The first-order valence-electron chi connectivity index (χ1n) is 10.8. The van der Waals surface area contributed by atoms with Gasteiger partial charge in [-0.3, -0.25) is 10.1 Å². The van der Waals surface area contributed by atoms with E-state index in [1.54, 1.807) is 12.3 Å². The first-order chi connectivity index (χ1) is 16.6. The van der Waals surface area contributed by atoms with Crippen LogP contribution in [0.4, 0.5) is 10.8 Å². The first-order valence-corrected chi connectivity index (χ1v) is 11.7. The molecule has 1 saturated heterocycles. The van der Waals surface area contributed by atoms with Gasteiger partial charge in [0.05, 0.1) is 24.2 Å². The van der Waals surface area contributed by atoms with Crippen molar-refractivity contribution in [3.8, 4) is 23.6 Å². The molecule has 0 atom stereocenters. The number of benzene rings is 1. The molecule has 2 aromatic heterocycles. The van der Waals surface area contributed by atoms with E-state index in [4.69, 9.17) is 16.3 Å². The summed E-state index contributed by atoms with van der Waals surface area (Å²) in [4.78, 5) is 26.2. The molecule has 1 aliphatic rings. The highest BCUT2D eigenvalue weighted by atomic mass is 32.1. The number of hydrogen-bond donors (Lipinski definition) is 2. The van der Waals surface area contributed by atoms with Crippen molar-refractivity contribution in [2.24, 2.45) is 0 Å². The molecule has 3 aromatic rings. The van der Waals surface area contributed by atoms with Crippen molar-refractivity contribution in [2.75, 3.05) is 57.2 Å². The van der Waals surface area contributed by atoms with Crippen LogP contribution in [0.3, 0.4) is 0 Å². The van der Waals surface area contributed by atoms with Crippen LogP contribution >= 0.6 is 11.3 Å². The van der Waals surface area contributed by atoms with Crippen LogP contribution in [0.15, 0.2) is 48.0 Å². The maximum absolute atomic E-state index is 12.7. The van der Waals surface area contributed by atoms with Crippen LogP contribution < -0.4 is 10.2 Å². The van der Waals surface area contributed by atoms with Gasteiger partial charge in [-0.15, -0.1) is 17.8 Å². The monoisotopic (exact) mass is 479 g/mol. The van der Waals surface area contributed by atoms with E-state index in [1.807, 2.05) is 35.7 Å². The molecule has 2 N–H and O–H groups in total. The lowest BCUT2D eigenvalue weighted by Crippen LogP contribution is -2.44. The topological polar surface area (TPSA) is 90.8 Å². The van der Waals surface area contributed by atoms with Gasteiger partial charge in [-0.1, -0.05) is 30.2 Å². The summed E-state index contributed by atoms with van der Waals surface area (Å²) in [6.07, 6.45) is 7.02. The zero-order valence-electron chi connectivity index (χ0n) is 19.4. The Hall–Kier alpha value is -3.29. The Kier molecular flexibility index (Phi) is 9.55. The molecule has 0 saturated carbocycles. The van der Waals surface area contributed by atoms with E-state index in [0.29, 0.717) is 17.4 Å². The number of aliphatic hydroxyl groups excluding tert-OH is 1. The number of anilines is 2. The van der Waals surface area contributed by atoms with Crippen LogP contribution in [-0.4, -0.2) is 72.8 Å². The SMILES string of the molecule is C#CCOCc1ccccc1-c1csc(NC(=O)c2ccc(N3CCN(C)CC3)cn2)n1.CO. The van der Waals surface area contributed by atoms with Gasteiger partial charge >= 0.3 is 0 Å². The van der Waals surface area contributed by atoms with Crippen molar-refractivity contribution in [1.82, 2.24) is 14.9 Å². The second-order valence-corrected chi connectivity index (χ2v) is 8.40. The molecule has 0 aliphatic carbocycles. The highest BCUT2D eigenvalue weighted by Crippen LogP contribution is 2.28. The molecule has 9 heteroatoms. The second-order valence-electron chi connectivity index (χ2n) is 7.54. The number of aliphatic hydroxyl groups is 1. The quantitative estimate of drug-likeness (QED) is 0.398. The number of hydrogen-bond acceptors (Lipinski definition) is 8. The molecule has 0 spiro atoms. The first kappa shape index (κ1) is 25.3. The second kappa shape index (κ2) is 12.8. The van der Waals surface area contributed by atoms with Gasteiger partial charge in [-0.05, 0) is 24.7 Å². The Morgan fingerprint density at radius 2 is 1.97 bits per heavy atom. The molecule has 4 rings (SSSR count). The summed E-state index contributed by atoms with van der Waals surface area (Å²) in [6.45, 7) is 4.62. The number of pyridine rings is 1. The molecule has 0 unspecified atom stereocenters. The predicted molar refractivity (Wildman–Crippen MR) is 136 cm³/mol. The molecule has 1 fully saturated rings. The normalized spacial score (nSPS) is 13.5. The molecular weight excluding hydrogens is 450 g/mol. The number of aromatic nitrogens is 2. The fourth-order valence-electron chi connectivity index (χ4n) is 3.50. The largest absolute Gasteiger partial charge is 0.400 e. The number of thiazole rings is 1. The molecule has 3 heterocycles. The van der Waals surface area contributed by atoms with Crippen LogP contribution in [0.1, 0.15) is 16.1 Å². The van der Waals surface area contributed by atoms with Crippen molar-refractivity contribution < 1.29 is 14.6 Å². The summed E-state index contributed by atoms with van der Waals surface area (Å²) in [6, 6.07) is 11.6. The van der Waals surface area contributed by atoms with E-state index in [-0.39, 0.29) is 12.5 Å². The number of carbonyl (C=O) groups excluding carboxylic acids is 1. The average molecular weight is 480 g/mol. The van der Waals surface area contributed by atoms with Gasteiger partial charge in [0, 0.05) is 44.2 Å². The molecule has 34 heavy (non-hydrogen) atoms. The number of rotatable bonds is 7. The lowest BCUT2D eigenvalue weighted by molar-refractivity contribution is 0.102. The van der Waals surface area contributed by atoms with Crippen molar-refractivity contribution in [3.63, 3.8) is 0 Å². The van der Waals surface area contributed by atoms with Crippen LogP contribution in [-0.2, 0) is 11.3 Å². The van der Waals surface area contributed by atoms with Gasteiger partial charge in [0.1, 0.15) is 12.3 Å². The maximum Gasteiger partial charge on any atom is 0.276 e. The summed E-state index contributed by atoms with van der Waals surface area (Å²) < 4.78 is 5.47. The molecule has 1 aromatic carbocycles. The van der Waals surface area contributed by atoms with Crippen LogP contribution in [0.2, 0.25) is 0 Å². The predicted octanol–water partition coefficient (Wildman–Crippen LogP) is 2.97. The van der Waals surface area contributed by atoms with Crippen molar-refractivity contribution in [1.29, 1.82) is 0 Å². The molecule has 0 radical (unpaired) electrons. The third-order valence-electron chi connectivity index (χ3n) is 5.31. The zero-order valence-corrected chi connectivity index (χ0v) is 20.2. The number of nitrogens with one attached hydrogen (secondary N) is 1. The van der Waals surface area contributed by atoms with Gasteiger partial charge in [0.15, 0.2) is 5.13 Å². The summed E-state index contributed by atoms with van der Waals surface area (Å²) in [7, 11) is 3.12. The number of piperazine rings is 1. The van der Waals surface area contributed by atoms with E-state index in [9.17, 15) is 4.79 Å². The lowest BCUT2D eigenvalue weighted by atomic mass is 10.1. The van der Waals surface area contributed by atoms with Crippen LogP contribution in [0, 0.1) is 12.3 Å². The van der Waals surface area contributed by atoms with Gasteiger partial charge in [-0.25, -0.2) is 9.97 Å². The van der Waals surface area contributed by atoms with Crippen molar-refractivity contribution in [3.05, 3.63) is 59.2 Å². The molecular formula is C25H29N5O3S. The van der Waals surface area contributed by atoms with E-state index < -0.39 is 0 Å². The fraction of sp³-hybridized carbons (Fsp3) is 0.320. The van der Waals surface area contributed by atoms with Crippen LogP contribution in [0.5, 0.6) is 0 Å². The van der Waals surface area contributed by atoms with E-state index in [0.717, 1.165) is 55.8 Å². The number of ether oxygens (including phenoxy) is 1. The Morgan fingerprint density at radius 1 is 1.21 bits per heavy atom. The smallest absolute Gasteiger partial charge is 0.276 e. The fourth-order valence-corrected chi connectivity index (χ4v) is 4.21. The summed E-state index contributed by atoms with van der Waals surface area (Å²) in [5.41, 5.74) is 4.13. The number of amides is 1. The summed E-state index contributed by atoms with van der Waals surface area (Å²) >= 11 is 1.37. The summed E-state index contributed by atoms with van der Waals surface area (Å²) in [5, 5.41) is 12.3. The van der Waals surface area contributed by atoms with Crippen molar-refractivity contribution >= 4 is 28.1 Å². The van der Waals surface area contributed by atoms with Gasteiger partial charge in [0.2, 0.25) is 0 Å². The van der Waals surface area contributed by atoms with E-state index in [1.165, 1.54) is 11.3 Å². The number of carbonyl (C=O) groups is 1. The Balaban J connectivity index is 0.00000158. The minimum Gasteiger partial charge on any atom is -0.400 e. The van der Waals surface area contributed by atoms with Crippen molar-refractivity contribution in [2.45, 2.75) is 6.61 Å². The Labute approximate surface area is 204 Å². The number of nitrogens with zero attached hydrogens (tertiary/aromatic N) is 4. The van der Waals surface area contributed by atoms with Gasteiger partial charge < -0.3 is 19.6 Å². The lowest BCUT2D eigenvalue weighted by Gasteiger charge is -2.33. The Morgan fingerprint density at radius 3 is 2.68 bits per heavy atom. The molecule has 178 valence electrons. The molecule has 8 nitrogen and oxygen atoms in total. The van der Waals surface area contributed by atoms with Crippen LogP contribution in [0.25, 0.3) is 11.3 Å². The minimum absolute atomic E-state index is 0.257. The average Bonchev–Trinajstić information content (AvgIpc) is 3.34. The third kappa shape index (κ3) is 6.62. The van der Waals surface area contributed by atoms with Gasteiger partial charge in [-0.2, -0.15) is 0 Å². The maximum atomic E-state index is 12.7. The highest BCUT2D eigenvalue weighted by Gasteiger charge is 2.16. The standard InChI is InChI=1S/C24H25N5O2S.CH4O/c1-3-14-31-16-18-6-4-5-7-20(18)22-17-32-24(26-22)27-23(30)21-9-8-19(15-25-21)29-12-10-28(2)11-13-29;1-2/h1,4-9,15,17H,10-14,16H2,2H3,(H,26,27,30);2H,1H3. The number of likely N-dealkylation sites (N-methyl/N-ethyl adjacent to an activating group) is 1. The molecule has 1 amide bonds. The van der Waals surface area contributed by atoms with E-state index >= 15 is 0 Å². The summed E-state index contributed by atoms with van der Waals surface area (Å²) in [5.74, 6) is 2.19. The third-order valence-corrected chi connectivity index (χ3v) is 6.07. The molecule has 0 bridgehead atoms. The van der Waals surface area contributed by atoms with Gasteiger partial charge in [0.25, 0.3) is 5.91 Å².